The fourth-order valence-electron chi connectivity index (χ4n) is 8.30. The summed E-state index contributed by atoms with van der Waals surface area (Å²) in [6, 6.07) is 0. The van der Waals surface area contributed by atoms with E-state index in [1.807, 2.05) is 56.4 Å². The number of allylic oxidation sites excluding steroid dienone is 7. The average molecular weight is 749 g/mol. The van der Waals surface area contributed by atoms with Crippen LogP contribution in [0.5, 0.6) is 0 Å². The number of aliphatic hydroxyl groups excluding tert-OH is 4. The number of aliphatic hydroxyl groups is 4. The normalized spacial score (nSPS) is 44.6. The molecule has 9 nitrogen and oxygen atoms in total. The maximum atomic E-state index is 12.9. The van der Waals surface area contributed by atoms with Crippen molar-refractivity contribution in [3.05, 3.63) is 96.7 Å². The Morgan fingerprint density at radius 2 is 1.50 bits per heavy atom. The van der Waals surface area contributed by atoms with E-state index < -0.39 is 42.6 Å². The van der Waals surface area contributed by atoms with Gasteiger partial charge >= 0.3 is 5.97 Å². The largest absolute Gasteiger partial charge is 0.452 e. The van der Waals surface area contributed by atoms with Crippen LogP contribution in [0.25, 0.3) is 0 Å². The van der Waals surface area contributed by atoms with E-state index in [1.54, 1.807) is 25.2 Å². The van der Waals surface area contributed by atoms with Gasteiger partial charge in [-0.1, -0.05) is 99.8 Å². The summed E-state index contributed by atoms with van der Waals surface area (Å²) in [4.78, 5) is 12.9. The van der Waals surface area contributed by atoms with Gasteiger partial charge in [0, 0.05) is 24.3 Å². The second kappa shape index (κ2) is 20.3. The predicted octanol–water partition coefficient (Wildman–Crippen LogP) is 6.40. The van der Waals surface area contributed by atoms with Crippen LogP contribution in [-0.2, 0) is 23.7 Å². The molecule has 1 saturated carbocycles. The summed E-state index contributed by atoms with van der Waals surface area (Å²) in [6.45, 7) is 9.86. The molecular formula is C45H64O9. The van der Waals surface area contributed by atoms with E-state index in [1.165, 1.54) is 6.08 Å². The lowest BCUT2D eigenvalue weighted by Gasteiger charge is -2.40. The molecule has 5 aliphatic heterocycles. The third-order valence-corrected chi connectivity index (χ3v) is 12.1. The number of carbonyl (C=O) groups excluding carboxylic acids is 1. The number of fused-ring (bicyclic) bond motifs is 13. The van der Waals surface area contributed by atoms with Crippen LogP contribution in [0.2, 0.25) is 0 Å². The fraction of sp³-hybridized carbons (Fsp3) is 0.622. The Morgan fingerprint density at radius 1 is 0.741 bits per heavy atom. The Hall–Kier alpha value is -2.89. The zero-order valence-electron chi connectivity index (χ0n) is 32.7. The van der Waals surface area contributed by atoms with Gasteiger partial charge in [-0.2, -0.15) is 0 Å². The minimum absolute atomic E-state index is 0.0553. The summed E-state index contributed by atoms with van der Waals surface area (Å²) in [5.41, 5.74) is 0.883. The lowest BCUT2D eigenvalue weighted by Crippen LogP contribution is -2.42. The highest BCUT2D eigenvalue weighted by Crippen LogP contribution is 2.40. The van der Waals surface area contributed by atoms with Crippen LogP contribution in [0.3, 0.4) is 0 Å². The number of hydrogen-bond donors (Lipinski definition) is 4. The number of esters is 1. The van der Waals surface area contributed by atoms with Gasteiger partial charge in [0.2, 0.25) is 0 Å². The molecule has 1 aliphatic carbocycles. The minimum Gasteiger partial charge on any atom is -0.452 e. The molecule has 0 spiro atoms. The quantitative estimate of drug-likeness (QED) is 0.191. The highest BCUT2D eigenvalue weighted by Gasteiger charge is 2.45. The van der Waals surface area contributed by atoms with Gasteiger partial charge in [0.05, 0.1) is 48.8 Å². The summed E-state index contributed by atoms with van der Waals surface area (Å²) < 4.78 is 25.1. The molecule has 4 N–H and O–H groups in total. The van der Waals surface area contributed by atoms with Crippen molar-refractivity contribution < 1.29 is 44.2 Å². The lowest BCUT2D eigenvalue weighted by molar-refractivity contribution is -0.148. The summed E-state index contributed by atoms with van der Waals surface area (Å²) in [5, 5.41) is 43.0. The molecule has 0 aromatic heterocycles. The SMILES string of the molecule is C/C(=C\C(C)C(C)O)C1OC2C=CC1OC(=O)\C=C/C=C\C=C\C1OC3C[C@@H]1O[C@@H](/C=C/CC1C[C@H](C[C@H](O)C1C)C(O)C(O)/C=C/CC/C=C/C2)C3C. The van der Waals surface area contributed by atoms with Crippen LogP contribution in [0, 0.1) is 29.6 Å². The monoisotopic (exact) mass is 748 g/mol. The van der Waals surface area contributed by atoms with E-state index in [4.69, 9.17) is 18.9 Å². The van der Waals surface area contributed by atoms with Gasteiger partial charge in [-0.15, -0.1) is 0 Å². The molecule has 9 heteroatoms. The van der Waals surface area contributed by atoms with Gasteiger partial charge in [0.15, 0.2) is 6.10 Å². The Kier molecular flexibility index (Phi) is 15.9. The lowest BCUT2D eigenvalue weighted by atomic mass is 9.69. The van der Waals surface area contributed by atoms with E-state index >= 15 is 0 Å². The second-order valence-electron chi connectivity index (χ2n) is 16.2. The van der Waals surface area contributed by atoms with Crippen molar-refractivity contribution in [2.24, 2.45) is 29.6 Å². The summed E-state index contributed by atoms with van der Waals surface area (Å²) in [5.74, 6) is -0.326. The first-order chi connectivity index (χ1) is 25.9. The number of hydrogen-bond acceptors (Lipinski definition) is 9. The van der Waals surface area contributed by atoms with Gasteiger partial charge in [0.25, 0.3) is 0 Å². The van der Waals surface area contributed by atoms with Crippen LogP contribution in [0.4, 0.5) is 0 Å². The van der Waals surface area contributed by atoms with Crippen molar-refractivity contribution in [1.82, 2.24) is 0 Å². The van der Waals surface area contributed by atoms with Crippen LogP contribution >= 0.6 is 0 Å². The molecule has 5 heterocycles. The molecule has 0 aromatic carbocycles. The van der Waals surface area contributed by atoms with Crippen molar-refractivity contribution in [2.45, 2.75) is 147 Å². The van der Waals surface area contributed by atoms with Crippen LogP contribution in [0.15, 0.2) is 96.7 Å². The van der Waals surface area contributed by atoms with E-state index in [2.05, 4.69) is 38.2 Å². The van der Waals surface area contributed by atoms with Crippen LogP contribution < -0.4 is 0 Å². The van der Waals surface area contributed by atoms with Gasteiger partial charge in [-0.25, -0.2) is 4.79 Å². The molecule has 54 heavy (non-hydrogen) atoms. The molecule has 7 bridgehead atoms. The standard InChI is InChI=1S/C45H64O9/c1-28(32(5)46)24-29(2)45-40-23-22-35(51-45)17-11-7-6-8-12-18-36(47)44(50)34-25-33(30(3)37(48)26-34)16-15-20-38-31(4)41-27-42(52-38)39(53-41)19-13-9-10-14-21-43(49)54-40/h7,9-15,18-24,28,30-42,44-48,50H,6,8,16-17,25-27H2,1-5H3/b10-9-,11-7+,18-12+,19-13+,20-15+,21-14-,29-24+/t28?,30?,31?,32?,33?,34-,35?,36?,37+,38+,39?,40?,41?,42+,44?,45?/m1/s1. The number of rotatable bonds is 3. The zero-order valence-corrected chi connectivity index (χ0v) is 32.7. The molecule has 12 unspecified atom stereocenters. The second-order valence-corrected chi connectivity index (χ2v) is 16.2. The average Bonchev–Trinajstić information content (AvgIpc) is 3.49. The minimum atomic E-state index is -1.01. The third-order valence-electron chi connectivity index (χ3n) is 12.1. The molecule has 6 rings (SSSR count). The Balaban J connectivity index is 1.31. The van der Waals surface area contributed by atoms with Crippen molar-refractivity contribution >= 4 is 5.97 Å². The Bertz CT molecular complexity index is 1450. The predicted molar refractivity (Wildman–Crippen MR) is 210 cm³/mol. The highest BCUT2D eigenvalue weighted by molar-refractivity contribution is 5.82. The Labute approximate surface area is 322 Å². The van der Waals surface area contributed by atoms with E-state index in [0.717, 1.165) is 31.3 Å². The molecule has 0 aromatic rings. The summed E-state index contributed by atoms with van der Waals surface area (Å²) in [7, 11) is 0. The molecule has 3 fully saturated rings. The summed E-state index contributed by atoms with van der Waals surface area (Å²) >= 11 is 0. The molecule has 6 aliphatic rings. The first-order valence-corrected chi connectivity index (χ1v) is 20.2. The Morgan fingerprint density at radius 3 is 2.30 bits per heavy atom. The van der Waals surface area contributed by atoms with Crippen molar-refractivity contribution in [2.75, 3.05) is 0 Å². The maximum absolute atomic E-state index is 12.9. The topological polar surface area (TPSA) is 135 Å². The van der Waals surface area contributed by atoms with E-state index in [-0.39, 0.29) is 60.1 Å². The van der Waals surface area contributed by atoms with Gasteiger partial charge in [-0.3, -0.25) is 0 Å². The van der Waals surface area contributed by atoms with Crippen LogP contribution in [-0.4, -0.2) is 93.5 Å². The molecule has 0 radical (unpaired) electrons. The van der Waals surface area contributed by atoms with E-state index in [9.17, 15) is 25.2 Å². The number of carbonyl (C=O) groups is 1. The first-order valence-electron chi connectivity index (χ1n) is 20.2. The third kappa shape index (κ3) is 11.6. The molecule has 2 saturated heterocycles. The highest BCUT2D eigenvalue weighted by atomic mass is 16.6. The smallest absolute Gasteiger partial charge is 0.331 e. The first kappa shape index (κ1) is 42.3. The van der Waals surface area contributed by atoms with Crippen molar-refractivity contribution in [3.8, 4) is 0 Å². The van der Waals surface area contributed by atoms with Gasteiger partial charge < -0.3 is 39.4 Å². The summed E-state index contributed by atoms with van der Waals surface area (Å²) in [6.07, 6.45) is 28.7. The van der Waals surface area contributed by atoms with Gasteiger partial charge in [-0.05, 0) is 81.8 Å². The molecule has 16 atom stereocenters. The zero-order chi connectivity index (χ0) is 38.8. The molecule has 298 valence electrons. The van der Waals surface area contributed by atoms with Crippen molar-refractivity contribution in [1.29, 1.82) is 0 Å². The molecule has 0 amide bonds. The van der Waals surface area contributed by atoms with Crippen molar-refractivity contribution in [3.63, 3.8) is 0 Å². The fourth-order valence-corrected chi connectivity index (χ4v) is 8.30. The molecular weight excluding hydrogens is 684 g/mol. The van der Waals surface area contributed by atoms with E-state index in [0.29, 0.717) is 19.3 Å². The number of ether oxygens (including phenoxy) is 4. The maximum Gasteiger partial charge on any atom is 0.331 e. The van der Waals surface area contributed by atoms with Crippen LogP contribution in [0.1, 0.15) is 79.6 Å². The van der Waals surface area contributed by atoms with Gasteiger partial charge in [0.1, 0.15) is 12.2 Å².